The first-order valence-electron chi connectivity index (χ1n) is 7.53. The monoisotopic (exact) mass is 333 g/mol. The van der Waals surface area contributed by atoms with E-state index in [1.165, 1.54) is 24.3 Å². The first-order chi connectivity index (χ1) is 11.5. The molecule has 0 aliphatic carbocycles. The van der Waals surface area contributed by atoms with Gasteiger partial charge in [0.1, 0.15) is 5.82 Å². The number of nitrogens with zero attached hydrogens (tertiary/aromatic N) is 1. The maximum atomic E-state index is 14.6. The quantitative estimate of drug-likeness (QED) is 0.842. The molecule has 0 bridgehead atoms. The lowest BCUT2D eigenvalue weighted by Gasteiger charge is -2.20. The number of hydrogen-bond acceptors (Lipinski definition) is 4. The van der Waals surface area contributed by atoms with Crippen LogP contribution >= 0.6 is 0 Å². The summed E-state index contributed by atoms with van der Waals surface area (Å²) in [6.45, 7) is 2.74. The van der Waals surface area contributed by atoms with Crippen LogP contribution in [0.25, 0.3) is 0 Å². The fraction of sp³-hybridized carbons (Fsp3) is 0.235. The number of benzene rings is 2. The van der Waals surface area contributed by atoms with Crippen molar-refractivity contribution < 1.29 is 18.3 Å². The molecular weight excluding hydrogens is 316 g/mol. The highest BCUT2D eigenvalue weighted by Gasteiger charge is 2.24. The maximum absolute atomic E-state index is 14.6. The molecule has 1 heterocycles. The van der Waals surface area contributed by atoms with E-state index in [9.17, 15) is 13.6 Å². The molecular formula is C17H17F2N3O2. The lowest BCUT2D eigenvalue weighted by molar-refractivity contribution is 0.168. The Morgan fingerprint density at radius 3 is 2.75 bits per heavy atom. The van der Waals surface area contributed by atoms with Crippen LogP contribution in [0.4, 0.5) is 30.6 Å². The summed E-state index contributed by atoms with van der Waals surface area (Å²) in [5, 5.41) is 2.40. The van der Waals surface area contributed by atoms with Gasteiger partial charge in [0.15, 0.2) is 5.82 Å². The third-order valence-corrected chi connectivity index (χ3v) is 3.90. The van der Waals surface area contributed by atoms with Gasteiger partial charge in [-0.1, -0.05) is 6.07 Å². The number of hydrogen-bond donors (Lipinski definition) is 2. The second kappa shape index (κ2) is 6.35. The Morgan fingerprint density at radius 2 is 2.00 bits per heavy atom. The average Bonchev–Trinajstić information content (AvgIpc) is 2.95. The van der Waals surface area contributed by atoms with Crippen molar-refractivity contribution in [2.24, 2.45) is 0 Å². The summed E-state index contributed by atoms with van der Waals surface area (Å²) >= 11 is 0. The fourth-order valence-corrected chi connectivity index (χ4v) is 2.75. The number of amides is 1. The van der Waals surface area contributed by atoms with Gasteiger partial charge < -0.3 is 15.4 Å². The molecule has 5 nitrogen and oxygen atoms in total. The van der Waals surface area contributed by atoms with Crippen LogP contribution in [0, 0.1) is 11.6 Å². The summed E-state index contributed by atoms with van der Waals surface area (Å²) in [5.74, 6) is -0.942. The Morgan fingerprint density at radius 1 is 1.25 bits per heavy atom. The van der Waals surface area contributed by atoms with Crippen LogP contribution in [0.3, 0.4) is 0 Å². The SMILES string of the molecule is CCOC(=O)Nc1ccc(N2Cc3ccc(F)cc3C2)c(F)c1N. The van der Waals surface area contributed by atoms with E-state index in [0.717, 1.165) is 11.1 Å². The highest BCUT2D eigenvalue weighted by atomic mass is 19.1. The number of rotatable bonds is 3. The standard InChI is InChI=1S/C17H17F2N3O2/c1-2-24-17(23)21-13-5-6-14(15(19)16(13)20)22-8-10-3-4-12(18)7-11(10)9-22/h3-7H,2,8-9,20H2,1H3,(H,21,23). The largest absolute Gasteiger partial charge is 0.450 e. The Hall–Kier alpha value is -2.83. The molecule has 7 heteroatoms. The van der Waals surface area contributed by atoms with Gasteiger partial charge in [-0.25, -0.2) is 13.6 Å². The van der Waals surface area contributed by atoms with Crippen LogP contribution in [0.15, 0.2) is 30.3 Å². The van der Waals surface area contributed by atoms with Crippen molar-refractivity contribution >= 4 is 23.2 Å². The summed E-state index contributed by atoms with van der Waals surface area (Å²) < 4.78 is 32.7. The van der Waals surface area contributed by atoms with E-state index >= 15 is 0 Å². The lowest BCUT2D eigenvalue weighted by atomic mass is 10.1. The van der Waals surface area contributed by atoms with Gasteiger partial charge in [0.25, 0.3) is 0 Å². The van der Waals surface area contributed by atoms with E-state index in [4.69, 9.17) is 10.5 Å². The molecule has 0 saturated carbocycles. The third-order valence-electron chi connectivity index (χ3n) is 3.90. The summed E-state index contributed by atoms with van der Waals surface area (Å²) in [6.07, 6.45) is -0.694. The Balaban J connectivity index is 1.83. The number of carbonyl (C=O) groups excluding carboxylic acids is 1. The molecule has 0 spiro atoms. The molecule has 0 radical (unpaired) electrons. The van der Waals surface area contributed by atoms with Crippen LogP contribution in [0.5, 0.6) is 0 Å². The number of nitrogens with two attached hydrogens (primary N) is 1. The van der Waals surface area contributed by atoms with E-state index in [1.54, 1.807) is 17.9 Å². The van der Waals surface area contributed by atoms with Crippen molar-refractivity contribution in [3.63, 3.8) is 0 Å². The van der Waals surface area contributed by atoms with Crippen molar-refractivity contribution in [1.29, 1.82) is 0 Å². The van der Waals surface area contributed by atoms with Crippen LogP contribution in [0.2, 0.25) is 0 Å². The minimum atomic E-state index is -0.694. The minimum absolute atomic E-state index is 0.150. The number of carbonyl (C=O) groups is 1. The van der Waals surface area contributed by atoms with Gasteiger partial charge in [0.05, 0.1) is 23.7 Å². The number of nitrogens with one attached hydrogen (secondary N) is 1. The summed E-state index contributed by atoms with van der Waals surface area (Å²) in [7, 11) is 0. The predicted molar refractivity (Wildman–Crippen MR) is 87.7 cm³/mol. The number of nitrogen functional groups attached to an aromatic ring is 1. The van der Waals surface area contributed by atoms with Gasteiger partial charge in [-0.05, 0) is 42.3 Å². The van der Waals surface area contributed by atoms with E-state index in [-0.39, 0.29) is 23.8 Å². The summed E-state index contributed by atoms with van der Waals surface area (Å²) in [6, 6.07) is 7.60. The predicted octanol–water partition coefficient (Wildman–Crippen LogP) is 3.64. The Bertz CT molecular complexity index is 796. The number of ether oxygens (including phenoxy) is 1. The van der Waals surface area contributed by atoms with Gasteiger partial charge in [-0.15, -0.1) is 0 Å². The molecule has 2 aromatic rings. The molecule has 1 amide bonds. The smallest absolute Gasteiger partial charge is 0.411 e. The van der Waals surface area contributed by atoms with Crippen LogP contribution < -0.4 is 16.0 Å². The zero-order valence-corrected chi connectivity index (χ0v) is 13.1. The van der Waals surface area contributed by atoms with Gasteiger partial charge >= 0.3 is 6.09 Å². The molecule has 1 aliphatic heterocycles. The van der Waals surface area contributed by atoms with Crippen molar-refractivity contribution in [2.75, 3.05) is 22.6 Å². The van der Waals surface area contributed by atoms with Crippen molar-refractivity contribution in [3.8, 4) is 0 Å². The van der Waals surface area contributed by atoms with Crippen molar-refractivity contribution in [3.05, 3.63) is 53.1 Å². The molecule has 24 heavy (non-hydrogen) atoms. The fourth-order valence-electron chi connectivity index (χ4n) is 2.75. The lowest BCUT2D eigenvalue weighted by Crippen LogP contribution is -2.19. The molecule has 0 saturated heterocycles. The molecule has 2 aromatic carbocycles. The molecule has 0 atom stereocenters. The topological polar surface area (TPSA) is 67.6 Å². The highest BCUT2D eigenvalue weighted by molar-refractivity contribution is 5.90. The average molecular weight is 333 g/mol. The van der Waals surface area contributed by atoms with Crippen molar-refractivity contribution in [2.45, 2.75) is 20.0 Å². The van der Waals surface area contributed by atoms with Crippen LogP contribution in [0.1, 0.15) is 18.1 Å². The maximum Gasteiger partial charge on any atom is 0.411 e. The number of anilines is 3. The van der Waals surface area contributed by atoms with Gasteiger partial charge in [0.2, 0.25) is 0 Å². The molecule has 126 valence electrons. The Kier molecular flexibility index (Phi) is 4.24. The van der Waals surface area contributed by atoms with Gasteiger partial charge in [0, 0.05) is 13.1 Å². The van der Waals surface area contributed by atoms with Gasteiger partial charge in [-0.3, -0.25) is 5.32 Å². The second-order valence-corrected chi connectivity index (χ2v) is 5.47. The van der Waals surface area contributed by atoms with Gasteiger partial charge in [-0.2, -0.15) is 0 Å². The molecule has 0 aromatic heterocycles. The van der Waals surface area contributed by atoms with E-state index in [1.807, 2.05) is 0 Å². The Labute approximate surface area is 138 Å². The highest BCUT2D eigenvalue weighted by Crippen LogP contribution is 2.35. The summed E-state index contributed by atoms with van der Waals surface area (Å²) in [5.41, 5.74) is 7.85. The molecule has 0 fully saturated rings. The minimum Gasteiger partial charge on any atom is -0.450 e. The van der Waals surface area contributed by atoms with E-state index < -0.39 is 11.9 Å². The number of fused-ring (bicyclic) bond motifs is 1. The normalized spacial score (nSPS) is 12.9. The molecule has 3 rings (SSSR count). The summed E-state index contributed by atoms with van der Waals surface area (Å²) in [4.78, 5) is 13.2. The first kappa shape index (κ1) is 16.0. The molecule has 3 N–H and O–H groups in total. The van der Waals surface area contributed by atoms with E-state index in [0.29, 0.717) is 18.8 Å². The van der Waals surface area contributed by atoms with E-state index in [2.05, 4.69) is 5.32 Å². The van der Waals surface area contributed by atoms with Crippen LogP contribution in [-0.4, -0.2) is 12.7 Å². The van der Waals surface area contributed by atoms with Crippen molar-refractivity contribution in [1.82, 2.24) is 0 Å². The number of halogens is 2. The first-order valence-corrected chi connectivity index (χ1v) is 7.53. The zero-order chi connectivity index (χ0) is 17.3. The molecule has 1 aliphatic rings. The second-order valence-electron chi connectivity index (χ2n) is 5.47. The zero-order valence-electron chi connectivity index (χ0n) is 13.1. The van der Waals surface area contributed by atoms with Crippen LogP contribution in [-0.2, 0) is 17.8 Å². The third kappa shape index (κ3) is 2.97. The molecule has 0 unspecified atom stereocenters.